The van der Waals surface area contributed by atoms with Crippen LogP contribution in [0, 0.1) is 11.8 Å². The Morgan fingerprint density at radius 3 is 2.26 bits per heavy atom. The summed E-state index contributed by atoms with van der Waals surface area (Å²) in [6, 6.07) is 10.3. The fraction of sp³-hybridized carbons (Fsp3) is 0.500. The van der Waals surface area contributed by atoms with Gasteiger partial charge in [-0.05, 0) is 37.2 Å². The Bertz CT molecular complexity index is 1090. The molecule has 2 unspecified atom stereocenters. The van der Waals surface area contributed by atoms with Crippen LogP contribution in [0.2, 0.25) is 0 Å². The Morgan fingerprint density at radius 2 is 1.68 bits per heavy atom. The maximum absolute atomic E-state index is 13.5. The number of hydrogen-bond donors (Lipinski definition) is 4. The lowest BCUT2D eigenvalue weighted by Crippen LogP contribution is -2.55. The zero-order valence-electron chi connectivity index (χ0n) is 22.8. The van der Waals surface area contributed by atoms with Crippen molar-refractivity contribution in [2.24, 2.45) is 11.8 Å². The first kappa shape index (κ1) is 29.3. The molecule has 0 saturated carbocycles. The molecule has 0 aromatic heterocycles. The normalized spacial score (nSPS) is 16.2. The molecule has 3 atom stereocenters. The molecule has 10 heteroatoms. The summed E-state index contributed by atoms with van der Waals surface area (Å²) in [4.78, 5) is 26.8. The smallest absolute Gasteiger partial charge is 0.475 e. The lowest BCUT2D eigenvalue weighted by Gasteiger charge is -2.29. The molecule has 9 nitrogen and oxygen atoms in total. The largest absolute Gasteiger partial charge is 0.496 e. The predicted octanol–water partition coefficient (Wildman–Crippen LogP) is 2.09. The van der Waals surface area contributed by atoms with Crippen molar-refractivity contribution in [3.8, 4) is 17.2 Å². The van der Waals surface area contributed by atoms with E-state index in [0.29, 0.717) is 42.9 Å². The second-order valence-electron chi connectivity index (χ2n) is 10.1. The molecule has 2 amide bonds. The third kappa shape index (κ3) is 7.20. The number of benzene rings is 2. The number of ether oxygens (including phenoxy) is 3. The van der Waals surface area contributed by atoms with Crippen LogP contribution in [0.5, 0.6) is 17.2 Å². The van der Waals surface area contributed by atoms with E-state index in [1.807, 2.05) is 44.2 Å². The topological polar surface area (TPSA) is 126 Å². The minimum Gasteiger partial charge on any atom is -0.496 e. The van der Waals surface area contributed by atoms with Crippen LogP contribution < -0.4 is 24.8 Å². The van der Waals surface area contributed by atoms with Crippen molar-refractivity contribution in [3.05, 3.63) is 53.1 Å². The third-order valence-corrected chi connectivity index (χ3v) is 6.96. The summed E-state index contributed by atoms with van der Waals surface area (Å²) >= 11 is 0. The van der Waals surface area contributed by atoms with Crippen LogP contribution in [0.1, 0.15) is 43.4 Å². The second kappa shape index (κ2) is 13.5. The highest BCUT2D eigenvalue weighted by molar-refractivity contribution is 6.43. The fourth-order valence-electron chi connectivity index (χ4n) is 5.04. The van der Waals surface area contributed by atoms with Crippen molar-refractivity contribution in [1.82, 2.24) is 10.6 Å². The number of carbonyl (C=O) groups is 2. The molecule has 0 bridgehead atoms. The molecule has 0 spiro atoms. The van der Waals surface area contributed by atoms with Crippen molar-refractivity contribution in [2.75, 3.05) is 21.3 Å². The van der Waals surface area contributed by atoms with Crippen LogP contribution in [0.25, 0.3) is 0 Å². The van der Waals surface area contributed by atoms with Gasteiger partial charge in [0.25, 0.3) is 0 Å². The molecule has 206 valence electrons. The maximum Gasteiger partial charge on any atom is 0.475 e. The zero-order valence-corrected chi connectivity index (χ0v) is 22.8. The van der Waals surface area contributed by atoms with Crippen LogP contribution in [0.3, 0.4) is 0 Å². The Kier molecular flexibility index (Phi) is 10.4. The summed E-state index contributed by atoms with van der Waals surface area (Å²) in [5, 5.41) is 25.3. The molecular weight excluding hydrogens is 487 g/mol. The van der Waals surface area contributed by atoms with Crippen LogP contribution in [-0.2, 0) is 28.9 Å². The Hall–Kier alpha value is -3.24. The van der Waals surface area contributed by atoms with Crippen molar-refractivity contribution >= 4 is 18.9 Å². The van der Waals surface area contributed by atoms with Crippen LogP contribution in [0.15, 0.2) is 36.4 Å². The van der Waals surface area contributed by atoms with Gasteiger partial charge >= 0.3 is 7.12 Å². The summed E-state index contributed by atoms with van der Waals surface area (Å²) in [7, 11) is 3.03. The van der Waals surface area contributed by atoms with E-state index >= 15 is 0 Å². The van der Waals surface area contributed by atoms with Gasteiger partial charge in [-0.3, -0.25) is 9.59 Å². The van der Waals surface area contributed by atoms with Gasteiger partial charge < -0.3 is 34.9 Å². The third-order valence-electron chi connectivity index (χ3n) is 6.96. The van der Waals surface area contributed by atoms with Gasteiger partial charge in [0.05, 0.1) is 27.3 Å². The Morgan fingerprint density at radius 1 is 1.00 bits per heavy atom. The van der Waals surface area contributed by atoms with Gasteiger partial charge in [-0.2, -0.15) is 0 Å². The minimum absolute atomic E-state index is 0.136. The predicted molar refractivity (Wildman–Crippen MR) is 145 cm³/mol. The standard InChI is InChI=1S/C28H39BN2O7/c1-17(2)13-25(29(34)35)31-28(33)22(14-18-9-7-6-8-10-18)30-27(32)19-11-12-20-21(15-19)23(36-3)16-24(37-4)26(20)38-5/h6-10,16-17,19,22,25,34-35H,11-15H2,1-5H3,(H,30,32)(H,31,33)/t19?,22-,25?/m0/s1. The summed E-state index contributed by atoms with van der Waals surface area (Å²) in [5.74, 6) is 0.0605. The second-order valence-corrected chi connectivity index (χ2v) is 10.1. The van der Waals surface area contributed by atoms with Gasteiger partial charge in [0.15, 0.2) is 11.5 Å². The molecule has 0 fully saturated rings. The Balaban J connectivity index is 1.82. The highest BCUT2D eigenvalue weighted by atomic mass is 16.5. The van der Waals surface area contributed by atoms with E-state index in [-0.39, 0.29) is 24.2 Å². The van der Waals surface area contributed by atoms with Gasteiger partial charge in [0.2, 0.25) is 11.8 Å². The van der Waals surface area contributed by atoms with E-state index in [2.05, 4.69) is 10.6 Å². The summed E-state index contributed by atoms with van der Waals surface area (Å²) in [5.41, 5.74) is 2.73. The molecule has 4 N–H and O–H groups in total. The lowest BCUT2D eigenvalue weighted by atomic mass is 9.75. The molecule has 2 aromatic rings. The van der Waals surface area contributed by atoms with Crippen LogP contribution in [0.4, 0.5) is 0 Å². The van der Waals surface area contributed by atoms with Crippen LogP contribution >= 0.6 is 0 Å². The van der Waals surface area contributed by atoms with E-state index in [1.165, 1.54) is 0 Å². The highest BCUT2D eigenvalue weighted by Gasteiger charge is 2.34. The van der Waals surface area contributed by atoms with Crippen molar-refractivity contribution in [2.45, 2.75) is 57.9 Å². The molecule has 3 rings (SSSR count). The SMILES string of the molecule is COc1cc(OC)c(OC)c2c1CC(C(=O)N[C@@H](Cc1ccccc1)C(=O)NC(CC(C)C)B(O)O)CC2. The molecule has 38 heavy (non-hydrogen) atoms. The quantitative estimate of drug-likeness (QED) is 0.312. The first-order valence-corrected chi connectivity index (χ1v) is 13.0. The molecule has 2 aromatic carbocycles. The number of hydrogen-bond acceptors (Lipinski definition) is 7. The first-order chi connectivity index (χ1) is 18.2. The van der Waals surface area contributed by atoms with Crippen LogP contribution in [-0.4, -0.2) is 62.3 Å². The molecule has 1 aliphatic rings. The summed E-state index contributed by atoms with van der Waals surface area (Å²) < 4.78 is 16.7. The molecule has 0 aliphatic heterocycles. The van der Waals surface area contributed by atoms with Gasteiger partial charge in [-0.1, -0.05) is 44.2 Å². The molecular formula is C28H39BN2O7. The fourth-order valence-corrected chi connectivity index (χ4v) is 5.04. The lowest BCUT2D eigenvalue weighted by molar-refractivity contribution is -0.131. The molecule has 0 saturated heterocycles. The zero-order chi connectivity index (χ0) is 27.8. The monoisotopic (exact) mass is 526 g/mol. The summed E-state index contributed by atoms with van der Waals surface area (Å²) in [6.07, 6.45) is 2.24. The van der Waals surface area contributed by atoms with E-state index in [9.17, 15) is 19.6 Å². The number of nitrogens with one attached hydrogen (secondary N) is 2. The Labute approximate surface area is 225 Å². The van der Waals surface area contributed by atoms with Crippen molar-refractivity contribution in [3.63, 3.8) is 0 Å². The van der Waals surface area contributed by atoms with Gasteiger partial charge in [0, 0.05) is 29.5 Å². The average molecular weight is 526 g/mol. The maximum atomic E-state index is 13.5. The molecule has 0 radical (unpaired) electrons. The number of carbonyl (C=O) groups excluding carboxylic acids is 2. The first-order valence-electron chi connectivity index (χ1n) is 13.0. The van der Waals surface area contributed by atoms with E-state index in [1.54, 1.807) is 27.4 Å². The van der Waals surface area contributed by atoms with Crippen molar-refractivity contribution in [1.29, 1.82) is 0 Å². The van der Waals surface area contributed by atoms with E-state index < -0.39 is 25.0 Å². The average Bonchev–Trinajstić information content (AvgIpc) is 2.91. The minimum atomic E-state index is -1.70. The number of fused-ring (bicyclic) bond motifs is 1. The number of methoxy groups -OCH3 is 3. The van der Waals surface area contributed by atoms with Gasteiger partial charge in [0.1, 0.15) is 11.8 Å². The van der Waals surface area contributed by atoms with Crippen molar-refractivity contribution < 1.29 is 33.8 Å². The van der Waals surface area contributed by atoms with Gasteiger partial charge in [-0.25, -0.2) is 0 Å². The summed E-state index contributed by atoms with van der Waals surface area (Å²) in [6.45, 7) is 3.87. The number of rotatable bonds is 12. The number of amides is 2. The van der Waals surface area contributed by atoms with E-state index in [4.69, 9.17) is 14.2 Å². The highest BCUT2D eigenvalue weighted by Crippen LogP contribution is 2.44. The van der Waals surface area contributed by atoms with Gasteiger partial charge in [-0.15, -0.1) is 0 Å². The molecule has 1 aliphatic carbocycles. The molecule has 0 heterocycles. The van der Waals surface area contributed by atoms with E-state index in [0.717, 1.165) is 16.7 Å².